The first-order valence-corrected chi connectivity index (χ1v) is 6.12. The minimum absolute atomic E-state index is 0.0283. The van der Waals surface area contributed by atoms with E-state index in [0.717, 1.165) is 0 Å². The Morgan fingerprint density at radius 2 is 2.10 bits per heavy atom. The first kappa shape index (κ1) is 14.1. The normalized spacial score (nSPS) is 9.85. The Bertz CT molecular complexity index is 709. The van der Waals surface area contributed by atoms with Crippen molar-refractivity contribution in [1.82, 2.24) is 4.98 Å². The summed E-state index contributed by atoms with van der Waals surface area (Å²) in [5.74, 6) is -0.832. The van der Waals surface area contributed by atoms with E-state index in [0.29, 0.717) is 5.56 Å². The van der Waals surface area contributed by atoms with Crippen molar-refractivity contribution >= 4 is 34.8 Å². The van der Waals surface area contributed by atoms with Gasteiger partial charge in [0.2, 0.25) is 0 Å². The molecule has 0 fully saturated rings. The average molecular weight is 308 g/mol. The van der Waals surface area contributed by atoms with E-state index >= 15 is 0 Å². The molecule has 0 unspecified atom stereocenters. The van der Waals surface area contributed by atoms with Crippen LogP contribution in [0.25, 0.3) is 0 Å². The number of carbonyl (C=O) groups excluding carboxylic acids is 1. The van der Waals surface area contributed by atoms with Gasteiger partial charge in [0, 0.05) is 11.2 Å². The van der Waals surface area contributed by atoms with Gasteiger partial charge in [-0.2, -0.15) is 5.26 Å². The number of nitriles is 1. The predicted octanol–water partition coefficient (Wildman–Crippen LogP) is 3.22. The third kappa shape index (κ3) is 2.99. The van der Waals surface area contributed by atoms with E-state index in [1.807, 2.05) is 6.07 Å². The Kier molecular flexibility index (Phi) is 4.08. The van der Waals surface area contributed by atoms with Crippen LogP contribution >= 0.6 is 23.2 Å². The number of anilines is 1. The number of nitrogens with one attached hydrogen (secondary N) is 1. The van der Waals surface area contributed by atoms with Gasteiger partial charge < -0.3 is 10.4 Å². The Morgan fingerprint density at radius 3 is 2.70 bits per heavy atom. The molecule has 0 saturated carbocycles. The summed E-state index contributed by atoms with van der Waals surface area (Å²) in [7, 11) is 0. The van der Waals surface area contributed by atoms with Crippen molar-refractivity contribution in [2.45, 2.75) is 0 Å². The molecule has 0 aliphatic rings. The number of pyridine rings is 1. The van der Waals surface area contributed by atoms with E-state index in [-0.39, 0.29) is 27.2 Å². The topological polar surface area (TPSA) is 86.0 Å². The number of nitrogens with zero attached hydrogens (tertiary/aromatic N) is 2. The fourth-order valence-corrected chi connectivity index (χ4v) is 1.94. The molecule has 1 amide bonds. The van der Waals surface area contributed by atoms with Crippen molar-refractivity contribution in [3.63, 3.8) is 0 Å². The molecule has 0 aliphatic carbocycles. The zero-order valence-corrected chi connectivity index (χ0v) is 11.4. The lowest BCUT2D eigenvalue weighted by atomic mass is 10.2. The molecule has 5 nitrogen and oxygen atoms in total. The molecule has 1 aromatic heterocycles. The molecule has 0 aliphatic heterocycles. The molecule has 0 bridgehead atoms. The van der Waals surface area contributed by atoms with Crippen LogP contribution in [0.3, 0.4) is 0 Å². The number of rotatable bonds is 2. The number of phenols is 1. The molecule has 7 heteroatoms. The van der Waals surface area contributed by atoms with Crippen LogP contribution in [-0.2, 0) is 0 Å². The minimum Gasteiger partial charge on any atom is -0.504 e. The molecule has 0 radical (unpaired) electrons. The van der Waals surface area contributed by atoms with E-state index in [4.69, 9.17) is 28.5 Å². The number of hydrogen-bond acceptors (Lipinski definition) is 4. The number of benzene rings is 1. The maximum absolute atomic E-state index is 11.9. The largest absolute Gasteiger partial charge is 0.504 e. The van der Waals surface area contributed by atoms with Crippen LogP contribution < -0.4 is 5.32 Å². The molecule has 1 heterocycles. The lowest BCUT2D eigenvalue weighted by molar-refractivity contribution is 0.102. The fraction of sp³-hybridized carbons (Fsp3) is 0. The lowest BCUT2D eigenvalue weighted by Gasteiger charge is -2.08. The quantitative estimate of drug-likeness (QED) is 0.834. The minimum atomic E-state index is -0.553. The number of aromatic hydroxyl groups is 1. The summed E-state index contributed by atoms with van der Waals surface area (Å²) < 4.78 is 0. The van der Waals surface area contributed by atoms with Gasteiger partial charge in [-0.05, 0) is 24.3 Å². The smallest absolute Gasteiger partial charge is 0.274 e. The first-order chi connectivity index (χ1) is 9.51. The molecule has 2 aromatic rings. The average Bonchev–Trinajstić information content (AvgIpc) is 2.44. The summed E-state index contributed by atoms with van der Waals surface area (Å²) in [5, 5.41) is 21.1. The van der Waals surface area contributed by atoms with E-state index < -0.39 is 5.91 Å². The van der Waals surface area contributed by atoms with E-state index in [1.54, 1.807) is 0 Å². The molecule has 0 atom stereocenters. The third-order valence-electron chi connectivity index (χ3n) is 2.40. The van der Waals surface area contributed by atoms with Crippen molar-refractivity contribution in [1.29, 1.82) is 5.26 Å². The second-order valence-corrected chi connectivity index (χ2v) is 4.63. The number of halogens is 2. The molecular weight excluding hydrogens is 301 g/mol. The molecule has 2 N–H and O–H groups in total. The highest BCUT2D eigenvalue weighted by Crippen LogP contribution is 2.35. The molecule has 1 aromatic carbocycles. The maximum atomic E-state index is 11.9. The maximum Gasteiger partial charge on any atom is 0.274 e. The van der Waals surface area contributed by atoms with E-state index in [1.165, 1.54) is 30.5 Å². The second-order valence-electron chi connectivity index (χ2n) is 3.78. The Labute approximate surface area is 124 Å². The van der Waals surface area contributed by atoms with Gasteiger partial charge in [0.05, 0.1) is 16.3 Å². The SMILES string of the molecule is N#Cc1ccc(C(=O)Nc2cc(Cl)cc(Cl)c2O)nc1. The fourth-order valence-electron chi connectivity index (χ4n) is 1.44. The predicted molar refractivity (Wildman–Crippen MR) is 75.0 cm³/mol. The molecular formula is C13H7Cl2N3O2. The summed E-state index contributed by atoms with van der Waals surface area (Å²) in [6, 6.07) is 7.48. The van der Waals surface area contributed by atoms with Gasteiger partial charge >= 0.3 is 0 Å². The van der Waals surface area contributed by atoms with Crippen molar-refractivity contribution in [2.24, 2.45) is 0 Å². The van der Waals surface area contributed by atoms with E-state index in [2.05, 4.69) is 10.3 Å². The second kappa shape index (κ2) is 5.78. The van der Waals surface area contributed by atoms with Gasteiger partial charge in [0.25, 0.3) is 5.91 Å². The summed E-state index contributed by atoms with van der Waals surface area (Å²) in [4.78, 5) is 15.8. The van der Waals surface area contributed by atoms with E-state index in [9.17, 15) is 9.90 Å². The van der Waals surface area contributed by atoms with Crippen molar-refractivity contribution in [2.75, 3.05) is 5.32 Å². The van der Waals surface area contributed by atoms with Crippen LogP contribution in [0.5, 0.6) is 5.75 Å². The zero-order valence-electron chi connectivity index (χ0n) is 9.89. The molecule has 2 rings (SSSR count). The van der Waals surface area contributed by atoms with Crippen molar-refractivity contribution < 1.29 is 9.90 Å². The molecule has 0 spiro atoms. The monoisotopic (exact) mass is 307 g/mol. The van der Waals surface area contributed by atoms with Crippen LogP contribution in [0.4, 0.5) is 5.69 Å². The van der Waals surface area contributed by atoms with Gasteiger partial charge in [-0.1, -0.05) is 23.2 Å². The number of amides is 1. The summed E-state index contributed by atoms with van der Waals surface area (Å²) in [6.07, 6.45) is 1.28. The molecule has 20 heavy (non-hydrogen) atoms. The number of phenolic OH excluding ortho intramolecular Hbond substituents is 1. The van der Waals surface area contributed by atoms with Gasteiger partial charge in [-0.25, -0.2) is 4.98 Å². The number of carbonyl (C=O) groups is 1. The van der Waals surface area contributed by atoms with Crippen LogP contribution in [0, 0.1) is 11.3 Å². The zero-order chi connectivity index (χ0) is 14.7. The third-order valence-corrected chi connectivity index (χ3v) is 2.91. The van der Waals surface area contributed by atoms with Crippen LogP contribution in [0.2, 0.25) is 10.0 Å². The van der Waals surface area contributed by atoms with Crippen LogP contribution in [0.15, 0.2) is 30.5 Å². The Balaban J connectivity index is 2.25. The van der Waals surface area contributed by atoms with Gasteiger partial charge in [0.15, 0.2) is 5.75 Å². The van der Waals surface area contributed by atoms with Crippen LogP contribution in [0.1, 0.15) is 16.1 Å². The van der Waals surface area contributed by atoms with Crippen LogP contribution in [-0.4, -0.2) is 16.0 Å². The van der Waals surface area contributed by atoms with Gasteiger partial charge in [0.1, 0.15) is 11.8 Å². The van der Waals surface area contributed by atoms with Crippen molar-refractivity contribution in [3.8, 4) is 11.8 Å². The highest BCUT2D eigenvalue weighted by molar-refractivity contribution is 6.36. The molecule has 0 saturated heterocycles. The Morgan fingerprint density at radius 1 is 1.35 bits per heavy atom. The van der Waals surface area contributed by atoms with Gasteiger partial charge in [-0.3, -0.25) is 4.79 Å². The highest BCUT2D eigenvalue weighted by Gasteiger charge is 2.13. The summed E-state index contributed by atoms with van der Waals surface area (Å²) >= 11 is 11.5. The standard InChI is InChI=1S/C13H7Cl2N3O2/c14-8-3-9(15)12(19)11(4-8)18-13(20)10-2-1-7(5-16)6-17-10/h1-4,6,19H,(H,18,20). The highest BCUT2D eigenvalue weighted by atomic mass is 35.5. The van der Waals surface area contributed by atoms with Gasteiger partial charge in [-0.15, -0.1) is 0 Å². The summed E-state index contributed by atoms with van der Waals surface area (Å²) in [5.41, 5.74) is 0.522. The Hall–Kier alpha value is -2.29. The first-order valence-electron chi connectivity index (χ1n) is 5.37. The number of hydrogen-bond donors (Lipinski definition) is 2. The van der Waals surface area contributed by atoms with Crippen molar-refractivity contribution in [3.05, 3.63) is 51.8 Å². The summed E-state index contributed by atoms with van der Waals surface area (Å²) in [6.45, 7) is 0. The number of aromatic nitrogens is 1. The molecule has 100 valence electrons. The lowest BCUT2D eigenvalue weighted by Crippen LogP contribution is -2.13.